The third-order valence-electron chi connectivity index (χ3n) is 9.21. The number of piperazine rings is 3. The molecule has 4 bridgehead atoms. The van der Waals surface area contributed by atoms with Gasteiger partial charge in [-0.15, -0.1) is 0 Å². The second-order valence-electron chi connectivity index (χ2n) is 12.1. The number of likely N-dealkylation sites (N-methyl/N-ethyl adjacent to an activating group) is 1. The van der Waals surface area contributed by atoms with Gasteiger partial charge >= 0.3 is 0 Å². The normalized spacial score (nSPS) is 27.9. The molecule has 1 aromatic rings. The van der Waals surface area contributed by atoms with Gasteiger partial charge in [0, 0.05) is 57.5 Å². The molecule has 3 saturated heterocycles. The van der Waals surface area contributed by atoms with E-state index in [4.69, 9.17) is 0 Å². The van der Waals surface area contributed by atoms with Gasteiger partial charge < -0.3 is 25.4 Å². The van der Waals surface area contributed by atoms with Gasteiger partial charge in [-0.1, -0.05) is 6.08 Å². The molecule has 1 unspecified atom stereocenters. The molecule has 4 amide bonds. The van der Waals surface area contributed by atoms with E-state index in [2.05, 4.69) is 25.8 Å². The van der Waals surface area contributed by atoms with E-state index in [1.165, 1.54) is 22.9 Å². The Morgan fingerprint density at radius 2 is 1.81 bits per heavy atom. The Morgan fingerprint density at radius 3 is 2.40 bits per heavy atom. The number of amides is 4. The minimum absolute atomic E-state index is 0.0407. The van der Waals surface area contributed by atoms with Crippen LogP contribution in [0.5, 0.6) is 0 Å². The van der Waals surface area contributed by atoms with Crippen LogP contribution in [-0.4, -0.2) is 106 Å². The van der Waals surface area contributed by atoms with Crippen LogP contribution >= 0.6 is 0 Å². The van der Waals surface area contributed by atoms with Crippen LogP contribution in [0.3, 0.4) is 0 Å². The van der Waals surface area contributed by atoms with Gasteiger partial charge in [-0.3, -0.25) is 33.8 Å². The maximum Gasteiger partial charge on any atom is 0.274 e. The van der Waals surface area contributed by atoms with Crippen LogP contribution in [0.25, 0.3) is 0 Å². The molecule has 3 saturated carbocycles. The zero-order valence-electron chi connectivity index (χ0n) is 24.6. The third kappa shape index (κ3) is 6.59. The fourth-order valence-electron chi connectivity index (χ4n) is 6.59. The predicted molar refractivity (Wildman–Crippen MR) is 158 cm³/mol. The first-order valence-corrected chi connectivity index (χ1v) is 15.2. The average molecular weight is 582 g/mol. The zero-order chi connectivity index (χ0) is 29.9. The highest BCUT2D eigenvalue weighted by molar-refractivity contribution is 5.98. The molecule has 12 nitrogen and oxygen atoms in total. The van der Waals surface area contributed by atoms with E-state index in [1.54, 1.807) is 17.0 Å². The Balaban J connectivity index is 1.23. The van der Waals surface area contributed by atoms with Crippen LogP contribution in [0.2, 0.25) is 0 Å². The molecule has 1 aromatic heterocycles. The molecular formula is C30H43N7O5. The number of rotatable bonds is 13. The van der Waals surface area contributed by atoms with E-state index >= 15 is 0 Å². The Bertz CT molecular complexity index is 1260. The lowest BCUT2D eigenvalue weighted by Gasteiger charge is -2.61. The highest BCUT2D eigenvalue weighted by Crippen LogP contribution is 2.56. The van der Waals surface area contributed by atoms with Gasteiger partial charge in [-0.05, 0) is 70.1 Å². The Morgan fingerprint density at radius 1 is 1.10 bits per heavy atom. The fourth-order valence-corrected chi connectivity index (χ4v) is 6.59. The van der Waals surface area contributed by atoms with E-state index < -0.39 is 17.5 Å². The summed E-state index contributed by atoms with van der Waals surface area (Å²) in [4.78, 5) is 70.9. The summed E-state index contributed by atoms with van der Waals surface area (Å²) in [6.07, 6.45) is 8.39. The monoisotopic (exact) mass is 581 g/mol. The van der Waals surface area contributed by atoms with Crippen molar-refractivity contribution in [1.82, 2.24) is 29.9 Å². The van der Waals surface area contributed by atoms with Gasteiger partial charge in [-0.25, -0.2) is 0 Å². The minimum atomic E-state index is -0.914. The zero-order valence-corrected chi connectivity index (χ0v) is 24.6. The number of anilines is 1. The third-order valence-corrected chi connectivity index (χ3v) is 9.21. The van der Waals surface area contributed by atoms with Gasteiger partial charge in [0.15, 0.2) is 0 Å². The first-order valence-electron chi connectivity index (χ1n) is 15.2. The van der Waals surface area contributed by atoms with Gasteiger partial charge in [0.05, 0.1) is 0 Å². The number of allylic oxidation sites excluding steroid dienone is 1. The molecule has 4 heterocycles. The van der Waals surface area contributed by atoms with Crippen LogP contribution in [-0.2, 0) is 25.7 Å². The molecule has 228 valence electrons. The lowest BCUT2D eigenvalue weighted by Crippen LogP contribution is -2.68. The van der Waals surface area contributed by atoms with Gasteiger partial charge in [-0.2, -0.15) is 0 Å². The number of pyridine rings is 1. The summed E-state index contributed by atoms with van der Waals surface area (Å²) in [6, 6.07) is 1.86. The molecule has 3 N–H and O–H groups in total. The molecule has 7 rings (SSSR count). The van der Waals surface area contributed by atoms with E-state index in [-0.39, 0.29) is 48.0 Å². The van der Waals surface area contributed by atoms with Crippen LogP contribution < -0.4 is 21.5 Å². The average Bonchev–Trinajstić information content (AvgIpc) is 2.95. The summed E-state index contributed by atoms with van der Waals surface area (Å²) < 4.78 is 1.28. The number of carbonyl (C=O) groups is 4. The molecule has 0 aromatic carbocycles. The first-order chi connectivity index (χ1) is 20.2. The quantitative estimate of drug-likeness (QED) is 0.282. The maximum absolute atomic E-state index is 13.5. The molecule has 0 spiro atoms. The summed E-state index contributed by atoms with van der Waals surface area (Å²) >= 11 is 0. The van der Waals surface area contributed by atoms with Crippen molar-refractivity contribution in [1.29, 1.82) is 0 Å². The topological polar surface area (TPSA) is 136 Å². The van der Waals surface area contributed by atoms with Crippen molar-refractivity contribution in [2.24, 2.45) is 5.92 Å². The molecular weight excluding hydrogens is 538 g/mol. The van der Waals surface area contributed by atoms with Crippen molar-refractivity contribution in [2.75, 3.05) is 51.1 Å². The highest BCUT2D eigenvalue weighted by atomic mass is 16.2. The minimum Gasteiger partial charge on any atom is -0.349 e. The number of hydrogen-bond acceptors (Lipinski definition) is 7. The van der Waals surface area contributed by atoms with Crippen molar-refractivity contribution >= 4 is 29.3 Å². The van der Waals surface area contributed by atoms with Crippen LogP contribution in [0.4, 0.5) is 5.69 Å². The van der Waals surface area contributed by atoms with Gasteiger partial charge in [0.2, 0.25) is 23.6 Å². The number of fused-ring (bicyclic) bond motifs is 3. The summed E-state index contributed by atoms with van der Waals surface area (Å²) in [5.41, 5.74) is -0.533. The smallest absolute Gasteiger partial charge is 0.274 e. The van der Waals surface area contributed by atoms with E-state index in [1.807, 2.05) is 13.8 Å². The standard InChI is InChI=1S/C30H43N7O5/c1-3-35(4-2)26(39)10-6-5-8-22(31-28(41)24-19-34-12-14-36(24)15-13-34)27(40)32-23-9-7-11-37(29(23)42)20-25(38)33-30-16-21(17-30)18-30/h6-7,9-11,21-22,24H,3-5,8,12-20H2,1-2H3,(H,31,41)(H,32,40)(H,33,38)/b10-6+/t21?,22-,24?,30?/m0/s1. The number of carbonyl (C=O) groups excluding carboxylic acids is 4. The van der Waals surface area contributed by atoms with Crippen LogP contribution in [0.15, 0.2) is 35.3 Å². The predicted octanol–water partition coefficient (Wildman–Crippen LogP) is 0.145. The summed E-state index contributed by atoms with van der Waals surface area (Å²) in [5, 5.41) is 8.66. The van der Waals surface area contributed by atoms with Crippen molar-refractivity contribution in [3.05, 3.63) is 40.8 Å². The molecule has 3 aliphatic carbocycles. The summed E-state index contributed by atoms with van der Waals surface area (Å²) in [6.45, 7) is 9.00. The summed E-state index contributed by atoms with van der Waals surface area (Å²) in [5.74, 6) is -0.341. The SMILES string of the molecule is CCN(CC)C(=O)/C=C/CC[C@H](NC(=O)C1CN2CCN1CC2)C(=O)Nc1cccn(CC(=O)NC23CC(C2)C3)c1=O. The number of nitrogens with one attached hydrogen (secondary N) is 3. The maximum atomic E-state index is 13.5. The second kappa shape index (κ2) is 12.8. The van der Waals surface area contributed by atoms with Crippen molar-refractivity contribution in [2.45, 2.75) is 70.1 Å². The molecule has 12 heteroatoms. The number of hydrogen-bond donors (Lipinski definition) is 3. The molecule has 2 atom stereocenters. The lowest BCUT2D eigenvalue weighted by molar-refractivity contribution is -0.135. The van der Waals surface area contributed by atoms with Crippen molar-refractivity contribution in [3.8, 4) is 0 Å². The van der Waals surface area contributed by atoms with Crippen molar-refractivity contribution in [3.63, 3.8) is 0 Å². The Hall–Kier alpha value is -3.51. The molecule has 6 fully saturated rings. The number of nitrogens with zero attached hydrogens (tertiary/aromatic N) is 4. The molecule has 6 aliphatic rings. The summed E-state index contributed by atoms with van der Waals surface area (Å²) in [7, 11) is 0. The van der Waals surface area contributed by atoms with E-state index in [9.17, 15) is 24.0 Å². The molecule has 42 heavy (non-hydrogen) atoms. The molecule has 0 radical (unpaired) electrons. The van der Waals surface area contributed by atoms with Crippen molar-refractivity contribution < 1.29 is 19.2 Å². The molecule has 3 aliphatic heterocycles. The highest BCUT2D eigenvalue weighted by Gasteiger charge is 2.57. The van der Waals surface area contributed by atoms with Gasteiger partial charge in [0.25, 0.3) is 5.56 Å². The fraction of sp³-hybridized carbons (Fsp3) is 0.633. The lowest BCUT2D eigenvalue weighted by atomic mass is 9.50. The van der Waals surface area contributed by atoms with Gasteiger partial charge in [0.1, 0.15) is 24.3 Å². The number of aromatic nitrogens is 1. The second-order valence-corrected chi connectivity index (χ2v) is 12.1. The largest absolute Gasteiger partial charge is 0.349 e. The Kier molecular flexibility index (Phi) is 9.12. The van der Waals surface area contributed by atoms with Crippen LogP contribution in [0.1, 0.15) is 46.0 Å². The van der Waals surface area contributed by atoms with E-state index in [0.717, 1.165) is 51.4 Å². The van der Waals surface area contributed by atoms with E-state index in [0.29, 0.717) is 26.1 Å². The van der Waals surface area contributed by atoms with Crippen LogP contribution in [0, 0.1) is 5.92 Å². The first kappa shape index (κ1) is 30.0. The Labute approximate surface area is 246 Å².